The van der Waals surface area contributed by atoms with E-state index in [4.69, 9.17) is 0 Å². The Morgan fingerprint density at radius 2 is 1.81 bits per heavy atom. The van der Waals surface area contributed by atoms with Crippen LogP contribution in [0.5, 0.6) is 0 Å². The molecule has 0 spiro atoms. The van der Waals surface area contributed by atoms with Gasteiger partial charge in [0.15, 0.2) is 0 Å². The lowest BCUT2D eigenvalue weighted by Crippen LogP contribution is -2.54. The van der Waals surface area contributed by atoms with E-state index >= 15 is 0 Å². The van der Waals surface area contributed by atoms with Gasteiger partial charge in [0.25, 0.3) is 0 Å². The summed E-state index contributed by atoms with van der Waals surface area (Å²) >= 11 is 0. The Morgan fingerprint density at radius 1 is 1.13 bits per heavy atom. The highest BCUT2D eigenvalue weighted by Crippen LogP contribution is 2.23. The van der Waals surface area contributed by atoms with Crippen molar-refractivity contribution in [2.45, 2.75) is 33.2 Å². The fraction of sp³-hybridized carbons (Fsp3) is 0.455. The molecule has 1 N–H and O–H groups in total. The maximum absolute atomic E-state index is 12.6. The summed E-state index contributed by atoms with van der Waals surface area (Å²) in [6.07, 6.45) is 0.356. The van der Waals surface area contributed by atoms with Gasteiger partial charge in [-0.05, 0) is 45.0 Å². The van der Waals surface area contributed by atoms with Crippen molar-refractivity contribution in [3.63, 3.8) is 0 Å². The van der Waals surface area contributed by atoms with E-state index in [1.54, 1.807) is 40.3 Å². The number of fused-ring (bicyclic) bond motifs is 1. The van der Waals surface area contributed by atoms with Gasteiger partial charge < -0.3 is 10.2 Å². The number of nitrogens with one attached hydrogen (secondary N) is 1. The minimum atomic E-state index is -0.233. The number of carbonyl (C=O) groups excluding carboxylic acids is 2. The molecule has 31 heavy (non-hydrogen) atoms. The molecular weight excluding hydrogens is 396 g/mol. The average Bonchev–Trinajstić information content (AvgIpc) is 3.12. The lowest BCUT2D eigenvalue weighted by Gasteiger charge is -2.38. The van der Waals surface area contributed by atoms with E-state index in [1.165, 1.54) is 0 Å². The number of aromatic nitrogens is 4. The molecule has 3 aromatic rings. The zero-order valence-electron chi connectivity index (χ0n) is 18.5. The Labute approximate surface area is 180 Å². The molecule has 4 rings (SSSR count). The van der Waals surface area contributed by atoms with Crippen LogP contribution in [-0.4, -0.2) is 48.7 Å². The van der Waals surface area contributed by atoms with Gasteiger partial charge >= 0.3 is 5.69 Å². The molecule has 2 amide bonds. The standard InChI is InChI=1S/C22H28N6O3/c1-13-8-14(2)28(24-13)15(3)9-20(29)27-11-16(12-27)21(30)23-17-6-7-18-19(10-17)26(5)22(31)25(18)4/h6-8,10,15-16H,9,11-12H2,1-5H3,(H,23,30). The van der Waals surface area contributed by atoms with E-state index < -0.39 is 0 Å². The van der Waals surface area contributed by atoms with Crippen LogP contribution in [-0.2, 0) is 23.7 Å². The lowest BCUT2D eigenvalue weighted by atomic mass is 9.98. The second kappa shape index (κ2) is 7.72. The molecule has 1 aliphatic heterocycles. The number of rotatable bonds is 5. The monoisotopic (exact) mass is 424 g/mol. The molecule has 0 bridgehead atoms. The van der Waals surface area contributed by atoms with E-state index in [-0.39, 0.29) is 29.5 Å². The van der Waals surface area contributed by atoms with Crippen molar-refractivity contribution in [1.82, 2.24) is 23.8 Å². The van der Waals surface area contributed by atoms with Crippen LogP contribution in [0.3, 0.4) is 0 Å². The molecule has 0 saturated carbocycles. The van der Waals surface area contributed by atoms with E-state index in [9.17, 15) is 14.4 Å². The third kappa shape index (κ3) is 3.75. The quantitative estimate of drug-likeness (QED) is 0.675. The normalized spacial score (nSPS) is 15.2. The summed E-state index contributed by atoms with van der Waals surface area (Å²) in [6, 6.07) is 7.38. The van der Waals surface area contributed by atoms with Gasteiger partial charge in [-0.3, -0.25) is 23.4 Å². The second-order valence-electron chi connectivity index (χ2n) is 8.51. The first-order chi connectivity index (χ1) is 14.7. The van der Waals surface area contributed by atoms with Crippen LogP contribution >= 0.6 is 0 Å². The molecule has 2 aromatic heterocycles. The average molecular weight is 425 g/mol. The molecule has 0 radical (unpaired) electrons. The second-order valence-corrected chi connectivity index (χ2v) is 8.51. The van der Waals surface area contributed by atoms with Crippen LogP contribution < -0.4 is 11.0 Å². The molecule has 1 saturated heterocycles. The van der Waals surface area contributed by atoms with Crippen molar-refractivity contribution < 1.29 is 9.59 Å². The predicted molar refractivity (Wildman–Crippen MR) is 118 cm³/mol. The van der Waals surface area contributed by atoms with E-state index in [0.717, 1.165) is 22.4 Å². The van der Waals surface area contributed by atoms with Gasteiger partial charge in [0.2, 0.25) is 11.8 Å². The van der Waals surface area contributed by atoms with Crippen LogP contribution in [0, 0.1) is 19.8 Å². The Hall–Kier alpha value is -3.36. The first-order valence-corrected chi connectivity index (χ1v) is 10.4. The van der Waals surface area contributed by atoms with Crippen LogP contribution in [0.1, 0.15) is 30.8 Å². The Morgan fingerprint density at radius 3 is 2.45 bits per heavy atom. The van der Waals surface area contributed by atoms with E-state index in [2.05, 4.69) is 10.4 Å². The molecule has 1 atom stereocenters. The van der Waals surface area contributed by atoms with Crippen LogP contribution in [0.2, 0.25) is 0 Å². The number of amides is 2. The minimum absolute atomic E-state index is 0.0293. The van der Waals surface area contributed by atoms with Gasteiger partial charge in [-0.25, -0.2) is 4.79 Å². The predicted octanol–water partition coefficient (Wildman–Crippen LogP) is 1.74. The number of hydrogen-bond donors (Lipinski definition) is 1. The van der Waals surface area contributed by atoms with Gasteiger partial charge in [0.05, 0.1) is 28.7 Å². The summed E-state index contributed by atoms with van der Waals surface area (Å²) in [5, 5.41) is 7.36. The van der Waals surface area contributed by atoms with Gasteiger partial charge in [-0.15, -0.1) is 0 Å². The fourth-order valence-corrected chi connectivity index (χ4v) is 4.24. The number of anilines is 1. The molecule has 3 heterocycles. The number of benzene rings is 1. The number of hydrogen-bond acceptors (Lipinski definition) is 4. The SMILES string of the molecule is Cc1cc(C)n(C(C)CC(=O)N2CC(C(=O)Nc3ccc4c(c3)n(C)c(=O)n4C)C2)n1. The molecule has 1 fully saturated rings. The topological polar surface area (TPSA) is 94.2 Å². The van der Waals surface area contributed by atoms with Crippen LogP contribution in [0.4, 0.5) is 5.69 Å². The van der Waals surface area contributed by atoms with Crippen molar-refractivity contribution in [3.8, 4) is 0 Å². The first kappa shape index (κ1) is 20.9. The highest BCUT2D eigenvalue weighted by atomic mass is 16.2. The van der Waals surface area contributed by atoms with Gasteiger partial charge in [-0.1, -0.05) is 0 Å². The minimum Gasteiger partial charge on any atom is -0.341 e. The molecule has 9 heteroatoms. The molecule has 1 aromatic carbocycles. The molecule has 0 aliphatic carbocycles. The molecule has 1 unspecified atom stereocenters. The summed E-state index contributed by atoms with van der Waals surface area (Å²) in [6.45, 7) is 6.73. The number of nitrogens with zero attached hydrogens (tertiary/aromatic N) is 5. The smallest absolute Gasteiger partial charge is 0.328 e. The summed E-state index contributed by atoms with van der Waals surface area (Å²) < 4.78 is 5.01. The van der Waals surface area contributed by atoms with Crippen LogP contribution in [0.15, 0.2) is 29.1 Å². The molecule has 1 aliphatic rings. The van der Waals surface area contributed by atoms with Crippen LogP contribution in [0.25, 0.3) is 11.0 Å². The Balaban J connectivity index is 1.33. The Kier molecular flexibility index (Phi) is 5.20. The lowest BCUT2D eigenvalue weighted by molar-refractivity contribution is -0.141. The summed E-state index contributed by atoms with van der Waals surface area (Å²) in [7, 11) is 3.43. The number of imidazole rings is 1. The van der Waals surface area contributed by atoms with E-state index in [0.29, 0.717) is 25.2 Å². The fourth-order valence-electron chi connectivity index (χ4n) is 4.24. The third-order valence-corrected chi connectivity index (χ3v) is 6.08. The number of aryl methyl sites for hydroxylation is 4. The van der Waals surface area contributed by atoms with Gasteiger partial charge in [0.1, 0.15) is 0 Å². The summed E-state index contributed by atoms with van der Waals surface area (Å²) in [5.41, 5.74) is 4.07. The Bertz CT molecular complexity index is 1230. The maximum atomic E-state index is 12.6. The van der Waals surface area contributed by atoms with Crippen molar-refractivity contribution in [2.75, 3.05) is 18.4 Å². The number of carbonyl (C=O) groups is 2. The number of likely N-dealkylation sites (tertiary alicyclic amines) is 1. The van der Waals surface area contributed by atoms with Gasteiger partial charge in [0, 0.05) is 45.0 Å². The largest absolute Gasteiger partial charge is 0.341 e. The third-order valence-electron chi connectivity index (χ3n) is 6.08. The van der Waals surface area contributed by atoms with Gasteiger partial charge in [-0.2, -0.15) is 5.10 Å². The highest BCUT2D eigenvalue weighted by Gasteiger charge is 2.36. The first-order valence-electron chi connectivity index (χ1n) is 10.4. The van der Waals surface area contributed by atoms with Crippen molar-refractivity contribution in [1.29, 1.82) is 0 Å². The highest BCUT2D eigenvalue weighted by molar-refractivity contribution is 5.96. The maximum Gasteiger partial charge on any atom is 0.328 e. The molecular formula is C22H28N6O3. The summed E-state index contributed by atoms with van der Waals surface area (Å²) in [4.78, 5) is 39.0. The zero-order chi connectivity index (χ0) is 22.4. The van der Waals surface area contributed by atoms with Crippen molar-refractivity contribution in [2.24, 2.45) is 20.0 Å². The molecule has 9 nitrogen and oxygen atoms in total. The zero-order valence-corrected chi connectivity index (χ0v) is 18.5. The van der Waals surface area contributed by atoms with Crippen molar-refractivity contribution >= 4 is 28.5 Å². The van der Waals surface area contributed by atoms with Crippen molar-refractivity contribution in [3.05, 3.63) is 46.1 Å². The van der Waals surface area contributed by atoms with E-state index in [1.807, 2.05) is 37.6 Å². The molecule has 164 valence electrons. The summed E-state index contributed by atoms with van der Waals surface area (Å²) in [5.74, 6) is -0.316.